The van der Waals surface area contributed by atoms with Gasteiger partial charge in [0, 0.05) is 24.2 Å². The normalized spacial score (nSPS) is 25.9. The minimum Gasteiger partial charge on any atom is -0.351 e. The van der Waals surface area contributed by atoms with Crippen LogP contribution in [-0.2, 0) is 12.8 Å². The van der Waals surface area contributed by atoms with Gasteiger partial charge in [-0.15, -0.1) is 0 Å². The Hall–Kier alpha value is -2.14. The quantitative estimate of drug-likeness (QED) is 0.805. The second-order valence-corrected chi connectivity index (χ2v) is 8.29. The maximum absolute atomic E-state index is 13.5. The van der Waals surface area contributed by atoms with E-state index >= 15 is 0 Å². The van der Waals surface area contributed by atoms with Crippen molar-refractivity contribution in [2.45, 2.75) is 70.0 Å². The number of likely N-dealkylation sites (tertiary alicyclic amines) is 2. The molecule has 0 unspecified atom stereocenters. The average Bonchev–Trinajstić information content (AvgIpc) is 3.31. The third-order valence-electron chi connectivity index (χ3n) is 6.47. The van der Waals surface area contributed by atoms with Crippen LogP contribution in [0.4, 0.5) is 0 Å². The Bertz CT molecular complexity index is 788. The lowest BCUT2D eigenvalue weighted by molar-refractivity contribution is 0.0563. The molecule has 0 spiro atoms. The summed E-state index contributed by atoms with van der Waals surface area (Å²) in [6.45, 7) is 3.14. The molecular weight excluding hydrogens is 350 g/mol. The second-order valence-electron chi connectivity index (χ2n) is 8.29. The number of aromatic nitrogens is 1. The fraction of sp³-hybridized carbons (Fsp3) is 0.565. The van der Waals surface area contributed by atoms with E-state index in [4.69, 9.17) is 4.52 Å². The first-order chi connectivity index (χ1) is 13.7. The maximum atomic E-state index is 13.5. The van der Waals surface area contributed by atoms with Crippen LogP contribution in [0.5, 0.6) is 0 Å². The molecule has 2 saturated heterocycles. The van der Waals surface area contributed by atoms with Gasteiger partial charge in [-0.1, -0.05) is 55.3 Å². The Morgan fingerprint density at radius 2 is 2.00 bits per heavy atom. The smallest absolute Gasteiger partial charge is 0.293 e. The first-order valence-corrected chi connectivity index (χ1v) is 10.7. The highest BCUT2D eigenvalue weighted by molar-refractivity contribution is 5.92. The van der Waals surface area contributed by atoms with E-state index in [0.717, 1.165) is 37.9 Å². The minimum absolute atomic E-state index is 0.00889. The predicted molar refractivity (Wildman–Crippen MR) is 109 cm³/mol. The number of hydrogen-bond donors (Lipinski definition) is 0. The van der Waals surface area contributed by atoms with Crippen LogP contribution in [0.15, 0.2) is 40.9 Å². The summed E-state index contributed by atoms with van der Waals surface area (Å²) in [5.41, 5.74) is 2.13. The van der Waals surface area contributed by atoms with Crippen molar-refractivity contribution < 1.29 is 9.32 Å². The van der Waals surface area contributed by atoms with Crippen molar-refractivity contribution in [3.63, 3.8) is 0 Å². The van der Waals surface area contributed by atoms with Crippen LogP contribution in [0.25, 0.3) is 0 Å². The monoisotopic (exact) mass is 381 g/mol. The van der Waals surface area contributed by atoms with Crippen LogP contribution < -0.4 is 0 Å². The molecule has 1 aromatic carbocycles. The molecule has 0 N–H and O–H groups in total. The molecule has 1 amide bonds. The number of hydrogen-bond acceptors (Lipinski definition) is 4. The van der Waals surface area contributed by atoms with Gasteiger partial charge in [0.15, 0.2) is 0 Å². The fourth-order valence-electron chi connectivity index (χ4n) is 4.96. The number of carbonyl (C=O) groups excluding carboxylic acids is 1. The molecule has 28 heavy (non-hydrogen) atoms. The third kappa shape index (κ3) is 3.86. The van der Waals surface area contributed by atoms with Gasteiger partial charge in [-0.05, 0) is 51.3 Å². The van der Waals surface area contributed by atoms with Crippen molar-refractivity contribution in [3.05, 3.63) is 53.4 Å². The fourth-order valence-corrected chi connectivity index (χ4v) is 4.96. The van der Waals surface area contributed by atoms with E-state index in [0.29, 0.717) is 11.8 Å². The molecule has 2 aliphatic heterocycles. The van der Waals surface area contributed by atoms with E-state index in [1.165, 1.54) is 24.8 Å². The van der Waals surface area contributed by atoms with E-state index in [1.54, 1.807) is 0 Å². The number of fused-ring (bicyclic) bond motifs is 1. The largest absolute Gasteiger partial charge is 0.351 e. The molecule has 4 rings (SSSR count). The Morgan fingerprint density at radius 3 is 2.75 bits per heavy atom. The summed E-state index contributed by atoms with van der Waals surface area (Å²) in [6, 6.07) is 13.2. The lowest BCUT2D eigenvalue weighted by Gasteiger charge is -2.35. The van der Waals surface area contributed by atoms with Crippen molar-refractivity contribution in [3.8, 4) is 0 Å². The highest BCUT2D eigenvalue weighted by Gasteiger charge is 2.46. The molecule has 1 aromatic heterocycles. The molecule has 3 heterocycles. The van der Waals surface area contributed by atoms with Crippen LogP contribution in [0.3, 0.4) is 0 Å². The van der Waals surface area contributed by atoms with Crippen molar-refractivity contribution in [1.82, 2.24) is 15.0 Å². The highest BCUT2D eigenvalue weighted by atomic mass is 16.5. The van der Waals surface area contributed by atoms with Crippen molar-refractivity contribution in [2.75, 3.05) is 13.6 Å². The minimum atomic E-state index is 0.00889. The first-order valence-electron chi connectivity index (χ1n) is 10.7. The second kappa shape index (κ2) is 8.48. The van der Waals surface area contributed by atoms with Gasteiger partial charge in [-0.3, -0.25) is 4.79 Å². The Kier molecular flexibility index (Phi) is 5.81. The summed E-state index contributed by atoms with van der Waals surface area (Å²) in [4.78, 5) is 18.1. The molecule has 0 bridgehead atoms. The van der Waals surface area contributed by atoms with Gasteiger partial charge in [0.1, 0.15) is 0 Å². The van der Waals surface area contributed by atoms with Crippen LogP contribution in [0.2, 0.25) is 0 Å². The molecule has 2 aromatic rings. The van der Waals surface area contributed by atoms with Crippen LogP contribution >= 0.6 is 0 Å². The highest BCUT2D eigenvalue weighted by Crippen LogP contribution is 2.35. The molecular formula is C23H31N3O2. The molecule has 0 saturated carbocycles. The number of benzene rings is 1. The van der Waals surface area contributed by atoms with E-state index in [-0.39, 0.29) is 18.0 Å². The SMILES string of the molecule is CCc1cc(C(=O)N2[C@H](Cc3ccccc3)C[C@H]3[C@H]2CCCCCN3C)on1. The number of likely N-dealkylation sites (N-methyl/N-ethyl adjacent to an activating group) is 1. The standard InChI is InChI=1S/C23H31N3O2/c1-3-18-15-22(28-24-18)23(27)26-19(14-17-10-6-4-7-11-17)16-21-20(26)12-8-5-9-13-25(21)2/h4,6-7,10-11,15,19-21H,3,5,8-9,12-14,16H2,1-2H3/t19-,20-,21+/m1/s1. The van der Waals surface area contributed by atoms with E-state index in [2.05, 4.69) is 46.3 Å². The van der Waals surface area contributed by atoms with Crippen molar-refractivity contribution in [1.29, 1.82) is 0 Å². The lowest BCUT2D eigenvalue weighted by Crippen LogP contribution is -2.48. The van der Waals surface area contributed by atoms with Gasteiger partial charge in [0.2, 0.25) is 5.76 Å². The predicted octanol–water partition coefficient (Wildman–Crippen LogP) is 3.94. The molecule has 2 fully saturated rings. The summed E-state index contributed by atoms with van der Waals surface area (Å²) in [5, 5.41) is 4.06. The van der Waals surface area contributed by atoms with Gasteiger partial charge in [0.25, 0.3) is 5.91 Å². The Morgan fingerprint density at radius 1 is 1.18 bits per heavy atom. The topological polar surface area (TPSA) is 49.6 Å². The number of nitrogens with zero attached hydrogens (tertiary/aromatic N) is 3. The number of rotatable bonds is 4. The van der Waals surface area contributed by atoms with Crippen molar-refractivity contribution in [2.24, 2.45) is 0 Å². The zero-order valence-electron chi connectivity index (χ0n) is 17.0. The van der Waals surface area contributed by atoms with Gasteiger partial charge in [0.05, 0.1) is 5.69 Å². The van der Waals surface area contributed by atoms with Crippen LogP contribution in [0, 0.1) is 0 Å². The molecule has 5 nitrogen and oxygen atoms in total. The van der Waals surface area contributed by atoms with Gasteiger partial charge >= 0.3 is 0 Å². The van der Waals surface area contributed by atoms with E-state index in [1.807, 2.05) is 19.1 Å². The third-order valence-corrected chi connectivity index (χ3v) is 6.47. The summed E-state index contributed by atoms with van der Waals surface area (Å²) in [7, 11) is 2.22. The summed E-state index contributed by atoms with van der Waals surface area (Å²) < 4.78 is 5.44. The van der Waals surface area contributed by atoms with E-state index < -0.39 is 0 Å². The summed E-state index contributed by atoms with van der Waals surface area (Å²) >= 11 is 0. The molecule has 150 valence electrons. The van der Waals surface area contributed by atoms with Gasteiger partial charge in [-0.25, -0.2) is 0 Å². The number of aryl methyl sites for hydroxylation is 1. The molecule has 5 heteroatoms. The first kappa shape index (κ1) is 19.2. The summed E-state index contributed by atoms with van der Waals surface area (Å²) in [6.07, 6.45) is 7.44. The van der Waals surface area contributed by atoms with E-state index in [9.17, 15) is 4.79 Å². The van der Waals surface area contributed by atoms with Gasteiger partial charge in [-0.2, -0.15) is 0 Å². The lowest BCUT2D eigenvalue weighted by atomic mass is 9.96. The van der Waals surface area contributed by atoms with Crippen molar-refractivity contribution >= 4 is 5.91 Å². The zero-order valence-corrected chi connectivity index (χ0v) is 17.0. The number of amides is 1. The molecule has 0 aliphatic carbocycles. The summed E-state index contributed by atoms with van der Waals surface area (Å²) in [5.74, 6) is 0.398. The maximum Gasteiger partial charge on any atom is 0.293 e. The zero-order chi connectivity index (χ0) is 19.5. The Labute approximate surface area is 167 Å². The molecule has 3 atom stereocenters. The average molecular weight is 382 g/mol. The van der Waals surface area contributed by atoms with Crippen LogP contribution in [-0.4, -0.2) is 52.6 Å². The van der Waals surface area contributed by atoms with Crippen LogP contribution in [0.1, 0.15) is 60.8 Å². The molecule has 0 radical (unpaired) electrons. The molecule has 2 aliphatic rings. The van der Waals surface area contributed by atoms with Gasteiger partial charge < -0.3 is 14.3 Å². The number of carbonyl (C=O) groups is 1. The Balaban J connectivity index is 1.64.